The zero-order valence-corrected chi connectivity index (χ0v) is 12.3. The summed E-state index contributed by atoms with van der Waals surface area (Å²) in [4.78, 5) is 25.5. The summed E-state index contributed by atoms with van der Waals surface area (Å²) in [6.45, 7) is 2.23. The Kier molecular flexibility index (Phi) is 4.75. The minimum absolute atomic E-state index is 0.0399. The van der Waals surface area contributed by atoms with Crippen LogP contribution >= 0.6 is 0 Å². The Morgan fingerprint density at radius 1 is 1.38 bits per heavy atom. The van der Waals surface area contributed by atoms with Crippen LogP contribution in [0.15, 0.2) is 42.5 Å². The predicted octanol–water partition coefficient (Wildman–Crippen LogP) is 0.630. The first kappa shape index (κ1) is 15.3. The van der Waals surface area contributed by atoms with E-state index in [2.05, 4.69) is 5.32 Å². The van der Waals surface area contributed by atoms with Gasteiger partial charge in [-0.3, -0.25) is 14.9 Å². The van der Waals surface area contributed by atoms with Crippen LogP contribution in [0.1, 0.15) is 18.4 Å². The molecule has 1 aliphatic rings. The van der Waals surface area contributed by atoms with E-state index in [1.54, 1.807) is 18.9 Å². The summed E-state index contributed by atoms with van der Waals surface area (Å²) in [5.41, 5.74) is 6.35. The molecular formula is C16H21N3O2. The van der Waals surface area contributed by atoms with Gasteiger partial charge in [0.2, 0.25) is 11.8 Å². The molecule has 0 saturated carbocycles. The Bertz CT molecular complexity index is 542. The maximum absolute atomic E-state index is 12.6. The molecule has 2 amide bonds. The van der Waals surface area contributed by atoms with Crippen molar-refractivity contribution in [2.24, 2.45) is 5.73 Å². The molecule has 0 unspecified atom stereocenters. The molecule has 0 bridgehead atoms. The number of rotatable bonds is 4. The highest BCUT2D eigenvalue weighted by atomic mass is 16.2. The molecule has 1 aromatic rings. The average molecular weight is 287 g/mol. The molecule has 5 nitrogen and oxygen atoms in total. The van der Waals surface area contributed by atoms with Gasteiger partial charge in [0, 0.05) is 19.5 Å². The summed E-state index contributed by atoms with van der Waals surface area (Å²) >= 11 is 0. The number of likely N-dealkylation sites (N-methyl/N-ethyl adjacent to an activating group) is 1. The summed E-state index contributed by atoms with van der Waals surface area (Å²) < 4.78 is 0. The maximum Gasteiger partial charge on any atom is 0.240 e. The molecule has 0 fully saturated rings. The molecule has 0 spiro atoms. The summed E-state index contributed by atoms with van der Waals surface area (Å²) in [6, 6.07) is 8.72. The lowest BCUT2D eigenvalue weighted by molar-refractivity contribution is -0.132. The number of carbonyl (C=O) groups is 2. The first-order valence-corrected chi connectivity index (χ1v) is 7.02. The summed E-state index contributed by atoms with van der Waals surface area (Å²) in [6.07, 6.45) is 3.99. The Balaban J connectivity index is 2.33. The van der Waals surface area contributed by atoms with Crippen molar-refractivity contribution < 1.29 is 9.59 Å². The molecule has 5 heteroatoms. The summed E-state index contributed by atoms with van der Waals surface area (Å²) in [5, 5.41) is 3.07. The lowest BCUT2D eigenvalue weighted by Gasteiger charge is -2.28. The number of hydrogen-bond donors (Lipinski definition) is 2. The van der Waals surface area contributed by atoms with Crippen LogP contribution in [0.4, 0.5) is 0 Å². The van der Waals surface area contributed by atoms with Crippen LogP contribution in [0.5, 0.6) is 0 Å². The fourth-order valence-corrected chi connectivity index (χ4v) is 2.46. The van der Waals surface area contributed by atoms with Crippen LogP contribution in [-0.2, 0) is 9.59 Å². The van der Waals surface area contributed by atoms with Crippen molar-refractivity contribution in [2.75, 3.05) is 13.6 Å². The zero-order valence-electron chi connectivity index (χ0n) is 12.3. The normalized spacial score (nSPS) is 23.7. The van der Waals surface area contributed by atoms with Gasteiger partial charge in [-0.2, -0.15) is 0 Å². The van der Waals surface area contributed by atoms with Crippen molar-refractivity contribution in [3.8, 4) is 0 Å². The largest absolute Gasteiger partial charge is 0.368 e. The zero-order chi connectivity index (χ0) is 15.4. The Labute approximate surface area is 124 Å². The fourth-order valence-electron chi connectivity index (χ4n) is 2.46. The summed E-state index contributed by atoms with van der Waals surface area (Å²) in [7, 11) is 1.75. The molecule has 112 valence electrons. The molecule has 1 aromatic carbocycles. The van der Waals surface area contributed by atoms with Crippen LogP contribution in [-0.4, -0.2) is 42.4 Å². The minimum atomic E-state index is -0.565. The molecule has 21 heavy (non-hydrogen) atoms. The molecule has 1 heterocycles. The number of benzene rings is 1. The summed E-state index contributed by atoms with van der Waals surface area (Å²) in [5.74, 6) is -0.627. The van der Waals surface area contributed by atoms with Gasteiger partial charge in [-0.05, 0) is 12.5 Å². The van der Waals surface area contributed by atoms with Gasteiger partial charge in [0.25, 0.3) is 0 Å². The van der Waals surface area contributed by atoms with E-state index < -0.39 is 18.0 Å². The molecular weight excluding hydrogens is 266 g/mol. The topological polar surface area (TPSA) is 75.4 Å². The second kappa shape index (κ2) is 6.54. The van der Waals surface area contributed by atoms with Crippen LogP contribution in [0.25, 0.3) is 0 Å². The number of carbonyl (C=O) groups excluding carboxylic acids is 2. The monoisotopic (exact) mass is 287 g/mol. The van der Waals surface area contributed by atoms with Gasteiger partial charge < -0.3 is 10.6 Å². The van der Waals surface area contributed by atoms with Gasteiger partial charge in [-0.15, -0.1) is 0 Å². The highest BCUT2D eigenvalue weighted by molar-refractivity contribution is 5.86. The van der Waals surface area contributed by atoms with E-state index in [1.165, 1.54) is 0 Å². The van der Waals surface area contributed by atoms with E-state index >= 15 is 0 Å². The van der Waals surface area contributed by atoms with E-state index in [0.29, 0.717) is 6.54 Å². The minimum Gasteiger partial charge on any atom is -0.368 e. The number of primary amides is 1. The second-order valence-corrected chi connectivity index (χ2v) is 5.35. The molecule has 0 radical (unpaired) electrons. The van der Waals surface area contributed by atoms with Gasteiger partial charge in [0.05, 0.1) is 12.1 Å². The van der Waals surface area contributed by atoms with Crippen molar-refractivity contribution in [1.29, 1.82) is 0 Å². The molecule has 0 aromatic heterocycles. The highest BCUT2D eigenvalue weighted by Crippen LogP contribution is 2.25. The number of hydrogen-bond acceptors (Lipinski definition) is 3. The Morgan fingerprint density at radius 2 is 2.05 bits per heavy atom. The molecule has 3 N–H and O–H groups in total. The smallest absolute Gasteiger partial charge is 0.240 e. The Hall–Kier alpha value is -2.14. The molecule has 0 saturated heterocycles. The van der Waals surface area contributed by atoms with Gasteiger partial charge in [-0.1, -0.05) is 42.5 Å². The maximum atomic E-state index is 12.6. The van der Waals surface area contributed by atoms with Crippen molar-refractivity contribution in [3.63, 3.8) is 0 Å². The first-order chi connectivity index (χ1) is 10.0. The van der Waals surface area contributed by atoms with Gasteiger partial charge in [0.15, 0.2) is 0 Å². The SMILES string of the molecule is C[C@H](N[C@@H]1C(=O)N(C)CC=C[C@H]1c1ccccc1)C(N)=O. The number of amides is 2. The van der Waals surface area contributed by atoms with Crippen LogP contribution in [0, 0.1) is 0 Å². The van der Waals surface area contributed by atoms with Gasteiger partial charge in [-0.25, -0.2) is 0 Å². The van der Waals surface area contributed by atoms with Crippen molar-refractivity contribution >= 4 is 11.8 Å². The molecule has 0 aliphatic carbocycles. The van der Waals surface area contributed by atoms with Gasteiger partial charge in [0.1, 0.15) is 0 Å². The van der Waals surface area contributed by atoms with Crippen molar-refractivity contribution in [3.05, 3.63) is 48.0 Å². The van der Waals surface area contributed by atoms with Crippen LogP contribution in [0.2, 0.25) is 0 Å². The molecule has 2 rings (SSSR count). The average Bonchev–Trinajstić information content (AvgIpc) is 2.61. The van der Waals surface area contributed by atoms with Crippen LogP contribution < -0.4 is 11.1 Å². The molecule has 1 aliphatic heterocycles. The van der Waals surface area contributed by atoms with E-state index in [0.717, 1.165) is 5.56 Å². The van der Waals surface area contributed by atoms with Gasteiger partial charge >= 0.3 is 0 Å². The van der Waals surface area contributed by atoms with E-state index in [-0.39, 0.29) is 11.8 Å². The van der Waals surface area contributed by atoms with Crippen molar-refractivity contribution in [1.82, 2.24) is 10.2 Å². The number of nitrogens with one attached hydrogen (secondary N) is 1. The van der Waals surface area contributed by atoms with Crippen molar-refractivity contribution in [2.45, 2.75) is 24.9 Å². The first-order valence-electron chi connectivity index (χ1n) is 7.02. The van der Waals surface area contributed by atoms with Crippen LogP contribution in [0.3, 0.4) is 0 Å². The number of nitrogens with zero attached hydrogens (tertiary/aromatic N) is 1. The van der Waals surface area contributed by atoms with E-state index in [9.17, 15) is 9.59 Å². The predicted molar refractivity (Wildman–Crippen MR) is 81.5 cm³/mol. The standard InChI is InChI=1S/C16H21N3O2/c1-11(15(17)20)18-14-13(12-7-4-3-5-8-12)9-6-10-19(2)16(14)21/h3-9,11,13-14,18H,10H2,1-2H3,(H2,17,20)/t11-,13-,14-/m0/s1. The third-order valence-electron chi connectivity index (χ3n) is 3.76. The number of nitrogens with two attached hydrogens (primary N) is 1. The third kappa shape index (κ3) is 3.49. The second-order valence-electron chi connectivity index (χ2n) is 5.35. The lowest BCUT2D eigenvalue weighted by atomic mass is 9.90. The molecule has 3 atom stereocenters. The third-order valence-corrected chi connectivity index (χ3v) is 3.76. The van der Waals surface area contributed by atoms with E-state index in [1.807, 2.05) is 42.5 Å². The fraction of sp³-hybridized carbons (Fsp3) is 0.375. The quantitative estimate of drug-likeness (QED) is 0.798. The van der Waals surface area contributed by atoms with E-state index in [4.69, 9.17) is 5.73 Å². The Morgan fingerprint density at radius 3 is 2.67 bits per heavy atom. The lowest BCUT2D eigenvalue weighted by Crippen LogP contribution is -2.53. The highest BCUT2D eigenvalue weighted by Gasteiger charge is 2.33.